The molecule has 0 bridgehead atoms. The summed E-state index contributed by atoms with van der Waals surface area (Å²) in [6.07, 6.45) is 0. The number of para-hydroxylation sites is 2. The minimum absolute atomic E-state index is 0.146. The van der Waals surface area contributed by atoms with Crippen LogP contribution in [0.3, 0.4) is 0 Å². The van der Waals surface area contributed by atoms with Crippen LogP contribution in [0.25, 0.3) is 11.0 Å². The number of nitrogens with one attached hydrogen (secondary N) is 1. The van der Waals surface area contributed by atoms with E-state index < -0.39 is 15.9 Å². The van der Waals surface area contributed by atoms with E-state index in [2.05, 4.69) is 5.32 Å². The number of hydrogen-bond donors (Lipinski definition) is 1. The fraction of sp³-hybridized carbons (Fsp3) is 0.192. The molecule has 1 saturated heterocycles. The van der Waals surface area contributed by atoms with E-state index in [1.165, 1.54) is 16.4 Å². The second-order valence-electron chi connectivity index (χ2n) is 8.00. The Morgan fingerprint density at radius 2 is 1.60 bits per heavy atom. The van der Waals surface area contributed by atoms with E-state index in [-0.39, 0.29) is 17.3 Å². The number of carbonyl (C=O) groups excluding carboxylic acids is 1. The topological polar surface area (TPSA) is 98.1 Å². The molecule has 180 valence electrons. The number of amides is 1. The summed E-state index contributed by atoms with van der Waals surface area (Å²) in [5.74, 6) is 0.380. The number of morpholine rings is 1. The lowest BCUT2D eigenvalue weighted by Gasteiger charge is -2.26. The molecule has 0 saturated carbocycles. The fourth-order valence-corrected chi connectivity index (χ4v) is 5.34. The van der Waals surface area contributed by atoms with Crippen molar-refractivity contribution >= 4 is 32.6 Å². The number of carbonyl (C=O) groups is 1. The summed E-state index contributed by atoms with van der Waals surface area (Å²) in [5, 5.41) is 3.59. The van der Waals surface area contributed by atoms with Gasteiger partial charge in [0.2, 0.25) is 10.0 Å². The van der Waals surface area contributed by atoms with Crippen molar-refractivity contribution in [1.29, 1.82) is 0 Å². The van der Waals surface area contributed by atoms with Crippen molar-refractivity contribution in [2.24, 2.45) is 0 Å². The predicted molar refractivity (Wildman–Crippen MR) is 131 cm³/mol. The molecule has 9 heteroatoms. The molecule has 0 unspecified atom stereocenters. The zero-order valence-electron chi connectivity index (χ0n) is 18.8. The van der Waals surface area contributed by atoms with E-state index >= 15 is 0 Å². The van der Waals surface area contributed by atoms with E-state index in [4.69, 9.17) is 13.9 Å². The first-order chi connectivity index (χ1) is 17.0. The van der Waals surface area contributed by atoms with Gasteiger partial charge in [0.05, 0.1) is 18.1 Å². The molecule has 5 rings (SSSR count). The molecule has 1 fully saturated rings. The minimum atomic E-state index is -3.61. The summed E-state index contributed by atoms with van der Waals surface area (Å²) in [7, 11) is -3.61. The highest BCUT2D eigenvalue weighted by Gasteiger charge is 2.26. The van der Waals surface area contributed by atoms with E-state index in [1.807, 2.05) is 48.5 Å². The van der Waals surface area contributed by atoms with Gasteiger partial charge in [-0.1, -0.05) is 36.4 Å². The Hall–Kier alpha value is -3.66. The number of anilines is 1. The van der Waals surface area contributed by atoms with Crippen molar-refractivity contribution in [2.75, 3.05) is 31.6 Å². The molecule has 3 aromatic carbocycles. The molecule has 0 aliphatic carbocycles. The number of ether oxygens (including phenoxy) is 2. The van der Waals surface area contributed by atoms with Crippen LogP contribution in [0, 0.1) is 0 Å². The minimum Gasteiger partial charge on any atom is -0.489 e. The monoisotopic (exact) mass is 492 g/mol. The number of fused-ring (bicyclic) bond motifs is 1. The Morgan fingerprint density at radius 3 is 2.34 bits per heavy atom. The summed E-state index contributed by atoms with van der Waals surface area (Å²) >= 11 is 0. The Kier molecular flexibility index (Phi) is 6.54. The van der Waals surface area contributed by atoms with Gasteiger partial charge >= 0.3 is 0 Å². The molecule has 8 nitrogen and oxygen atoms in total. The van der Waals surface area contributed by atoms with Gasteiger partial charge in [0.1, 0.15) is 17.9 Å². The van der Waals surface area contributed by atoms with Crippen molar-refractivity contribution < 1.29 is 27.1 Å². The average molecular weight is 493 g/mol. The molecular formula is C26H24N2O6S. The maximum absolute atomic E-state index is 13.1. The second kappa shape index (κ2) is 9.91. The van der Waals surface area contributed by atoms with Crippen molar-refractivity contribution in [1.82, 2.24) is 4.31 Å². The van der Waals surface area contributed by atoms with Crippen LogP contribution >= 0.6 is 0 Å². The summed E-state index contributed by atoms with van der Waals surface area (Å²) in [5.41, 5.74) is 1.66. The fourth-order valence-electron chi connectivity index (χ4n) is 3.93. The third-order valence-electron chi connectivity index (χ3n) is 5.75. The first-order valence-electron chi connectivity index (χ1n) is 11.2. The smallest absolute Gasteiger partial charge is 0.291 e. The normalized spacial score (nSPS) is 14.6. The summed E-state index contributed by atoms with van der Waals surface area (Å²) in [6, 6.07) is 22.8. The molecule has 1 amide bonds. The maximum Gasteiger partial charge on any atom is 0.291 e. The van der Waals surface area contributed by atoms with Crippen LogP contribution in [-0.2, 0) is 21.4 Å². The molecule has 1 N–H and O–H groups in total. The average Bonchev–Trinajstić information content (AvgIpc) is 3.28. The quantitative estimate of drug-likeness (QED) is 0.413. The highest BCUT2D eigenvalue weighted by Crippen LogP contribution is 2.28. The Balaban J connectivity index is 1.36. The summed E-state index contributed by atoms with van der Waals surface area (Å²) in [4.78, 5) is 13.3. The van der Waals surface area contributed by atoms with E-state index in [9.17, 15) is 13.2 Å². The highest BCUT2D eigenvalue weighted by molar-refractivity contribution is 7.89. The van der Waals surface area contributed by atoms with Crippen LogP contribution in [0.15, 0.2) is 88.2 Å². The lowest BCUT2D eigenvalue weighted by Crippen LogP contribution is -2.40. The number of benzene rings is 3. The largest absolute Gasteiger partial charge is 0.489 e. The number of rotatable bonds is 7. The first kappa shape index (κ1) is 23.1. The second-order valence-corrected chi connectivity index (χ2v) is 9.94. The number of nitrogens with zero attached hydrogens (tertiary/aromatic N) is 1. The van der Waals surface area contributed by atoms with Crippen LogP contribution in [0.1, 0.15) is 16.1 Å². The SMILES string of the molecule is O=C(Nc1ccc(S(=O)(=O)N2CCOCC2)cc1)c1oc2ccccc2c1COc1ccccc1. The molecule has 35 heavy (non-hydrogen) atoms. The van der Waals surface area contributed by atoms with Gasteiger partial charge in [-0.15, -0.1) is 0 Å². The Labute approximate surface area is 203 Å². The van der Waals surface area contributed by atoms with Gasteiger partial charge in [0, 0.05) is 29.7 Å². The van der Waals surface area contributed by atoms with Crippen molar-refractivity contribution in [2.45, 2.75) is 11.5 Å². The maximum atomic E-state index is 13.1. The third-order valence-corrected chi connectivity index (χ3v) is 7.66. The predicted octanol–water partition coefficient (Wildman–Crippen LogP) is 4.29. The lowest BCUT2D eigenvalue weighted by atomic mass is 10.1. The van der Waals surface area contributed by atoms with Gasteiger partial charge in [0.25, 0.3) is 5.91 Å². The van der Waals surface area contributed by atoms with Crippen LogP contribution in [-0.4, -0.2) is 44.9 Å². The summed E-state index contributed by atoms with van der Waals surface area (Å²) in [6.45, 7) is 1.55. The van der Waals surface area contributed by atoms with Gasteiger partial charge < -0.3 is 19.2 Å². The van der Waals surface area contributed by atoms with Gasteiger partial charge in [-0.25, -0.2) is 8.42 Å². The number of sulfonamides is 1. The van der Waals surface area contributed by atoms with Crippen LogP contribution in [0.2, 0.25) is 0 Å². The molecule has 4 aromatic rings. The zero-order chi connectivity index (χ0) is 24.3. The Bertz CT molecular complexity index is 1430. The van der Waals surface area contributed by atoms with Crippen molar-refractivity contribution in [3.05, 3.63) is 90.2 Å². The van der Waals surface area contributed by atoms with E-state index in [1.54, 1.807) is 18.2 Å². The van der Waals surface area contributed by atoms with Crippen molar-refractivity contribution in [3.8, 4) is 5.75 Å². The molecule has 1 aliphatic rings. The van der Waals surface area contributed by atoms with E-state index in [0.717, 1.165) is 5.39 Å². The molecule has 0 atom stereocenters. The van der Waals surface area contributed by atoms with Crippen molar-refractivity contribution in [3.63, 3.8) is 0 Å². The van der Waals surface area contributed by atoms with Crippen LogP contribution < -0.4 is 10.1 Å². The van der Waals surface area contributed by atoms with Crippen LogP contribution in [0.4, 0.5) is 5.69 Å². The van der Waals surface area contributed by atoms with E-state index in [0.29, 0.717) is 48.9 Å². The molecule has 2 heterocycles. The highest BCUT2D eigenvalue weighted by atomic mass is 32.2. The zero-order valence-corrected chi connectivity index (χ0v) is 19.7. The number of furan rings is 1. The molecule has 0 spiro atoms. The first-order valence-corrected chi connectivity index (χ1v) is 12.6. The molecular weight excluding hydrogens is 468 g/mol. The lowest BCUT2D eigenvalue weighted by molar-refractivity contribution is 0.0730. The number of hydrogen-bond acceptors (Lipinski definition) is 6. The Morgan fingerprint density at radius 1 is 0.914 bits per heavy atom. The summed E-state index contributed by atoms with van der Waals surface area (Å²) < 4.78 is 44.1. The third kappa shape index (κ3) is 4.93. The molecule has 1 aromatic heterocycles. The molecule has 0 radical (unpaired) electrons. The molecule has 1 aliphatic heterocycles. The van der Waals surface area contributed by atoms with Gasteiger partial charge in [-0.3, -0.25) is 4.79 Å². The van der Waals surface area contributed by atoms with Gasteiger partial charge in [-0.2, -0.15) is 4.31 Å². The standard InChI is InChI=1S/C26H24N2O6S/c29-26(27-19-10-12-21(13-11-19)35(30,31)28-14-16-32-17-15-28)25-23(18-33-20-6-2-1-3-7-20)22-8-4-5-9-24(22)34-25/h1-13H,14-18H2,(H,27,29). The van der Waals surface area contributed by atoms with Gasteiger partial charge in [-0.05, 0) is 42.5 Å². The van der Waals surface area contributed by atoms with Crippen LogP contribution in [0.5, 0.6) is 5.75 Å². The van der Waals surface area contributed by atoms with Gasteiger partial charge in [0.15, 0.2) is 5.76 Å².